The number of rotatable bonds is 15. The molecule has 1 aromatic carbocycles. The number of carbonyl (C=O) groups is 5. The summed E-state index contributed by atoms with van der Waals surface area (Å²) >= 11 is 0. The maximum Gasteiger partial charge on any atom is 0.326 e. The van der Waals surface area contributed by atoms with Gasteiger partial charge in [0.1, 0.15) is 23.9 Å². The van der Waals surface area contributed by atoms with E-state index in [4.69, 9.17) is 10.8 Å². The first-order chi connectivity index (χ1) is 18.4. The van der Waals surface area contributed by atoms with Crippen LogP contribution < -0.4 is 21.7 Å². The molecule has 5 unspecified atom stereocenters. The van der Waals surface area contributed by atoms with Gasteiger partial charge in [-0.05, 0) is 31.0 Å². The second-order valence-corrected chi connectivity index (χ2v) is 8.88. The van der Waals surface area contributed by atoms with Crippen LogP contribution in [0.1, 0.15) is 31.0 Å². The van der Waals surface area contributed by atoms with Gasteiger partial charge in [0.25, 0.3) is 0 Å². The van der Waals surface area contributed by atoms with Crippen molar-refractivity contribution in [3.8, 4) is 5.75 Å². The number of carboxylic acid groups (broad SMARTS) is 2. The maximum absolute atomic E-state index is 13.0. The summed E-state index contributed by atoms with van der Waals surface area (Å²) in [4.78, 5) is 67.9. The van der Waals surface area contributed by atoms with E-state index in [-0.39, 0.29) is 25.0 Å². The number of hydrogen-bond acceptors (Lipinski definition) is 9. The fourth-order valence-electron chi connectivity index (χ4n) is 3.53. The van der Waals surface area contributed by atoms with Crippen LogP contribution in [-0.4, -0.2) is 90.3 Å². The zero-order chi connectivity index (χ0) is 29.1. The van der Waals surface area contributed by atoms with E-state index in [1.807, 2.05) is 0 Å². The molecule has 3 amide bonds. The molecule has 2 rings (SSSR count). The zero-order valence-corrected chi connectivity index (χ0v) is 21.0. The summed E-state index contributed by atoms with van der Waals surface area (Å²) in [6.45, 7) is 1.19. The molecular weight excluding hydrogens is 516 g/mol. The number of aromatic amines is 1. The summed E-state index contributed by atoms with van der Waals surface area (Å²) in [6.07, 6.45) is 0.395. The van der Waals surface area contributed by atoms with E-state index < -0.39 is 66.4 Å². The highest BCUT2D eigenvalue weighted by molar-refractivity contribution is 5.94. The molecule has 1 heterocycles. The number of phenols is 1. The van der Waals surface area contributed by atoms with E-state index in [1.165, 1.54) is 43.7 Å². The van der Waals surface area contributed by atoms with Gasteiger partial charge in [0.15, 0.2) is 0 Å². The summed E-state index contributed by atoms with van der Waals surface area (Å²) in [6, 6.07) is 0.0181. The van der Waals surface area contributed by atoms with Gasteiger partial charge in [-0.2, -0.15) is 0 Å². The van der Waals surface area contributed by atoms with E-state index in [2.05, 4.69) is 25.9 Å². The van der Waals surface area contributed by atoms with Crippen molar-refractivity contribution in [3.63, 3.8) is 0 Å². The van der Waals surface area contributed by atoms with Crippen molar-refractivity contribution >= 4 is 29.7 Å². The van der Waals surface area contributed by atoms with Crippen molar-refractivity contribution < 1.29 is 44.4 Å². The summed E-state index contributed by atoms with van der Waals surface area (Å²) in [5.41, 5.74) is 6.92. The molecular formula is C24H32N6O9. The van der Waals surface area contributed by atoms with Crippen molar-refractivity contribution in [3.05, 3.63) is 48.0 Å². The molecule has 0 aliphatic heterocycles. The highest BCUT2D eigenvalue weighted by Crippen LogP contribution is 2.12. The van der Waals surface area contributed by atoms with Gasteiger partial charge in [-0.15, -0.1) is 0 Å². The number of carboxylic acids is 2. The van der Waals surface area contributed by atoms with Crippen LogP contribution in [0.3, 0.4) is 0 Å². The number of benzene rings is 1. The van der Waals surface area contributed by atoms with Crippen LogP contribution in [-0.2, 0) is 36.8 Å². The fourth-order valence-corrected chi connectivity index (χ4v) is 3.53. The van der Waals surface area contributed by atoms with E-state index >= 15 is 0 Å². The molecule has 0 aliphatic carbocycles. The second kappa shape index (κ2) is 14.4. The molecule has 5 atom stereocenters. The number of nitrogens with two attached hydrogens (primary N) is 1. The van der Waals surface area contributed by atoms with Crippen molar-refractivity contribution in [2.45, 2.75) is 62.9 Å². The van der Waals surface area contributed by atoms with Crippen LogP contribution >= 0.6 is 0 Å². The number of aliphatic carboxylic acids is 2. The van der Waals surface area contributed by atoms with Gasteiger partial charge >= 0.3 is 11.9 Å². The number of aromatic hydroxyl groups is 1. The molecule has 0 aliphatic rings. The maximum atomic E-state index is 13.0. The molecule has 0 fully saturated rings. The Morgan fingerprint density at radius 1 is 0.949 bits per heavy atom. The third-order valence-corrected chi connectivity index (χ3v) is 5.66. The van der Waals surface area contributed by atoms with Gasteiger partial charge in [-0.3, -0.25) is 19.2 Å². The lowest BCUT2D eigenvalue weighted by Crippen LogP contribution is -2.60. The molecule has 10 N–H and O–H groups in total. The van der Waals surface area contributed by atoms with E-state index in [1.54, 1.807) is 0 Å². The van der Waals surface area contributed by atoms with Gasteiger partial charge in [0.2, 0.25) is 17.7 Å². The minimum atomic E-state index is -1.64. The molecule has 0 spiro atoms. The minimum Gasteiger partial charge on any atom is -0.508 e. The van der Waals surface area contributed by atoms with Crippen LogP contribution in [0.2, 0.25) is 0 Å². The topological polar surface area (TPSA) is 257 Å². The fraction of sp³-hybridized carbons (Fsp3) is 0.417. The molecule has 39 heavy (non-hydrogen) atoms. The number of carbonyl (C=O) groups excluding carboxylic acids is 3. The summed E-state index contributed by atoms with van der Waals surface area (Å²) in [5, 5.41) is 45.0. The van der Waals surface area contributed by atoms with Crippen molar-refractivity contribution in [1.82, 2.24) is 25.9 Å². The Bertz CT molecular complexity index is 1140. The molecule has 0 saturated heterocycles. The first-order valence-electron chi connectivity index (χ1n) is 11.9. The highest BCUT2D eigenvalue weighted by Gasteiger charge is 2.33. The number of amides is 3. The van der Waals surface area contributed by atoms with Crippen molar-refractivity contribution in [2.75, 3.05) is 0 Å². The largest absolute Gasteiger partial charge is 0.508 e. The first-order valence-corrected chi connectivity index (χ1v) is 11.9. The molecule has 1 aromatic heterocycles. The zero-order valence-electron chi connectivity index (χ0n) is 21.0. The Balaban J connectivity index is 2.11. The Kier molecular flexibility index (Phi) is 11.4. The Morgan fingerprint density at radius 2 is 1.59 bits per heavy atom. The normalized spacial score (nSPS) is 14.7. The summed E-state index contributed by atoms with van der Waals surface area (Å²) in [5.74, 6) is -5.43. The number of phenolic OH excluding ortho intramolecular Hbond substituents is 1. The van der Waals surface area contributed by atoms with Gasteiger partial charge < -0.3 is 47.1 Å². The van der Waals surface area contributed by atoms with Gasteiger partial charge in [0.05, 0.1) is 18.5 Å². The van der Waals surface area contributed by atoms with Crippen LogP contribution in [0, 0.1) is 0 Å². The van der Waals surface area contributed by atoms with E-state index in [9.17, 15) is 39.3 Å². The highest BCUT2D eigenvalue weighted by atomic mass is 16.4. The average Bonchev–Trinajstić information content (AvgIpc) is 3.38. The van der Waals surface area contributed by atoms with Gasteiger partial charge in [-0.25, -0.2) is 9.78 Å². The number of aromatic nitrogens is 2. The average molecular weight is 549 g/mol. The van der Waals surface area contributed by atoms with Gasteiger partial charge in [-0.1, -0.05) is 12.1 Å². The van der Waals surface area contributed by atoms with Crippen molar-refractivity contribution in [2.24, 2.45) is 5.73 Å². The molecule has 15 heteroatoms. The molecule has 0 saturated carbocycles. The third-order valence-electron chi connectivity index (χ3n) is 5.66. The number of hydrogen-bond donors (Lipinski definition) is 9. The Labute approximate surface area is 222 Å². The molecule has 15 nitrogen and oxygen atoms in total. The van der Waals surface area contributed by atoms with Crippen LogP contribution in [0.25, 0.3) is 0 Å². The van der Waals surface area contributed by atoms with Crippen LogP contribution in [0.4, 0.5) is 0 Å². The predicted octanol–water partition coefficient (Wildman–Crippen LogP) is -1.99. The second-order valence-electron chi connectivity index (χ2n) is 8.88. The molecule has 2 aromatic rings. The number of imidazole rings is 1. The van der Waals surface area contributed by atoms with Crippen molar-refractivity contribution in [1.29, 1.82) is 0 Å². The molecule has 212 valence electrons. The standard InChI is InChI=1S/C24H32N6O9/c1-12(31)20(23(37)29-18(24(38)39)8-13-2-4-15(32)5-3-13)30-22(36)17(6-7-19(33)34)28-21(35)16(25)9-14-10-26-11-27-14/h2-5,10-12,16-18,20,31-32H,6-9,25H2,1H3,(H,26,27)(H,28,35)(H,29,37)(H,30,36)(H,33,34)(H,38,39). The summed E-state index contributed by atoms with van der Waals surface area (Å²) in [7, 11) is 0. The smallest absolute Gasteiger partial charge is 0.326 e. The number of H-pyrrole nitrogens is 1. The number of nitrogens with zero attached hydrogens (tertiary/aromatic N) is 1. The number of aliphatic hydroxyl groups is 1. The quantitative estimate of drug-likeness (QED) is 0.118. The Hall–Kier alpha value is -4.50. The van der Waals surface area contributed by atoms with Crippen LogP contribution in [0.15, 0.2) is 36.8 Å². The van der Waals surface area contributed by atoms with E-state index in [0.717, 1.165) is 0 Å². The minimum absolute atomic E-state index is 0.0293. The summed E-state index contributed by atoms with van der Waals surface area (Å²) < 4.78 is 0. The lowest BCUT2D eigenvalue weighted by atomic mass is 10.0. The van der Waals surface area contributed by atoms with Crippen LogP contribution in [0.5, 0.6) is 5.75 Å². The number of aliphatic hydroxyl groups excluding tert-OH is 1. The predicted molar refractivity (Wildman–Crippen MR) is 134 cm³/mol. The molecule has 0 radical (unpaired) electrons. The Morgan fingerprint density at radius 3 is 2.13 bits per heavy atom. The van der Waals surface area contributed by atoms with E-state index in [0.29, 0.717) is 11.3 Å². The first kappa shape index (κ1) is 30.7. The SMILES string of the molecule is CC(O)C(NC(=O)C(CCC(=O)O)NC(=O)C(N)Cc1cnc[nH]1)C(=O)NC(Cc1ccc(O)cc1)C(=O)O. The monoisotopic (exact) mass is 548 g/mol. The van der Waals surface area contributed by atoms with Gasteiger partial charge in [0, 0.05) is 31.2 Å². The lowest BCUT2D eigenvalue weighted by Gasteiger charge is -2.26. The number of nitrogens with one attached hydrogen (secondary N) is 4. The third kappa shape index (κ3) is 10.1. The molecule has 0 bridgehead atoms. The lowest BCUT2D eigenvalue weighted by molar-refractivity contribution is -0.143.